The Morgan fingerprint density at radius 2 is 2.00 bits per heavy atom. The number of hydrogen-bond donors (Lipinski definition) is 2. The van der Waals surface area contributed by atoms with Crippen molar-refractivity contribution in [2.75, 3.05) is 19.5 Å². The summed E-state index contributed by atoms with van der Waals surface area (Å²) in [4.78, 5) is 0. The Balaban J connectivity index is 1.71. The number of ether oxygens (including phenoxy) is 2. The summed E-state index contributed by atoms with van der Waals surface area (Å²) in [6, 6.07) is 10.3. The lowest BCUT2D eigenvalue weighted by Gasteiger charge is -2.11. The SMILES string of the molecule is COc1ccc(OC)c(Nc2n[nH]c3c2Cc2cc(F)ccc2-3)c1. The number of methoxy groups -OCH3 is 2. The molecule has 0 atom stereocenters. The van der Waals surface area contributed by atoms with Gasteiger partial charge in [0.05, 0.1) is 25.6 Å². The normalized spacial score (nSPS) is 11.8. The van der Waals surface area contributed by atoms with Gasteiger partial charge in [-0.15, -0.1) is 0 Å². The van der Waals surface area contributed by atoms with Crippen LogP contribution >= 0.6 is 0 Å². The predicted octanol–water partition coefficient (Wildman–Crippen LogP) is 3.88. The highest BCUT2D eigenvalue weighted by Gasteiger charge is 2.25. The molecule has 0 fully saturated rings. The number of benzene rings is 2. The van der Waals surface area contributed by atoms with Crippen molar-refractivity contribution in [1.29, 1.82) is 0 Å². The fourth-order valence-corrected chi connectivity index (χ4v) is 3.05. The van der Waals surface area contributed by atoms with Gasteiger partial charge < -0.3 is 14.8 Å². The summed E-state index contributed by atoms with van der Waals surface area (Å²) >= 11 is 0. The molecular formula is C18H16FN3O2. The Hall–Kier alpha value is -3.02. The minimum atomic E-state index is -0.226. The smallest absolute Gasteiger partial charge is 0.156 e. The molecule has 4 rings (SSSR count). The average Bonchev–Trinajstić information content (AvgIpc) is 3.14. The summed E-state index contributed by atoms with van der Waals surface area (Å²) in [5.41, 5.74) is 4.65. The largest absolute Gasteiger partial charge is 0.497 e. The van der Waals surface area contributed by atoms with E-state index in [4.69, 9.17) is 9.47 Å². The Kier molecular flexibility index (Phi) is 3.37. The first-order valence-corrected chi connectivity index (χ1v) is 7.54. The van der Waals surface area contributed by atoms with Crippen molar-refractivity contribution in [2.24, 2.45) is 0 Å². The van der Waals surface area contributed by atoms with Gasteiger partial charge in [0, 0.05) is 23.6 Å². The van der Waals surface area contributed by atoms with Crippen molar-refractivity contribution in [2.45, 2.75) is 6.42 Å². The number of nitrogens with zero attached hydrogens (tertiary/aromatic N) is 1. The van der Waals surface area contributed by atoms with Crippen LogP contribution in [0.25, 0.3) is 11.3 Å². The first-order valence-electron chi connectivity index (χ1n) is 7.54. The van der Waals surface area contributed by atoms with Crippen LogP contribution in [-0.2, 0) is 6.42 Å². The lowest BCUT2D eigenvalue weighted by Crippen LogP contribution is -1.98. The van der Waals surface area contributed by atoms with Crippen molar-refractivity contribution < 1.29 is 13.9 Å². The molecule has 2 N–H and O–H groups in total. The Bertz CT molecular complexity index is 921. The van der Waals surface area contributed by atoms with Crippen LogP contribution in [0.1, 0.15) is 11.1 Å². The summed E-state index contributed by atoms with van der Waals surface area (Å²) < 4.78 is 24.1. The molecule has 0 amide bonds. The summed E-state index contributed by atoms with van der Waals surface area (Å²) in [6.45, 7) is 0. The molecule has 1 heterocycles. The van der Waals surface area contributed by atoms with Crippen LogP contribution in [0.5, 0.6) is 11.5 Å². The highest BCUT2D eigenvalue weighted by Crippen LogP contribution is 2.40. The van der Waals surface area contributed by atoms with Gasteiger partial charge in [0.2, 0.25) is 0 Å². The van der Waals surface area contributed by atoms with E-state index in [0.717, 1.165) is 33.8 Å². The number of H-pyrrole nitrogens is 1. The molecule has 0 unspecified atom stereocenters. The quantitative estimate of drug-likeness (QED) is 0.598. The number of aromatic nitrogens is 2. The van der Waals surface area contributed by atoms with Gasteiger partial charge in [-0.3, -0.25) is 5.10 Å². The van der Waals surface area contributed by atoms with Crippen LogP contribution < -0.4 is 14.8 Å². The first kappa shape index (κ1) is 14.6. The Morgan fingerprint density at radius 1 is 1.12 bits per heavy atom. The number of nitrogens with one attached hydrogen (secondary N) is 2. The third-order valence-electron chi connectivity index (χ3n) is 4.23. The van der Waals surface area contributed by atoms with Crippen LogP contribution in [0.15, 0.2) is 36.4 Å². The van der Waals surface area contributed by atoms with E-state index in [1.807, 2.05) is 18.2 Å². The van der Waals surface area contributed by atoms with Crippen LogP contribution in [0.4, 0.5) is 15.9 Å². The second-order valence-corrected chi connectivity index (χ2v) is 5.60. The maximum atomic E-state index is 13.4. The molecule has 0 aliphatic heterocycles. The second kappa shape index (κ2) is 5.56. The van der Waals surface area contributed by atoms with Gasteiger partial charge in [-0.2, -0.15) is 5.10 Å². The van der Waals surface area contributed by atoms with Gasteiger partial charge in [-0.05, 0) is 35.9 Å². The summed E-state index contributed by atoms with van der Waals surface area (Å²) in [5.74, 6) is 1.88. The van der Waals surface area contributed by atoms with E-state index in [0.29, 0.717) is 18.0 Å². The number of anilines is 2. The molecule has 5 nitrogen and oxygen atoms in total. The molecule has 0 spiro atoms. The lowest BCUT2D eigenvalue weighted by atomic mass is 10.1. The summed E-state index contributed by atoms with van der Waals surface area (Å²) in [6.07, 6.45) is 0.632. The van der Waals surface area contributed by atoms with Gasteiger partial charge in [0.25, 0.3) is 0 Å². The van der Waals surface area contributed by atoms with Crippen LogP contribution in [-0.4, -0.2) is 24.4 Å². The van der Waals surface area contributed by atoms with Gasteiger partial charge in [-0.1, -0.05) is 0 Å². The van der Waals surface area contributed by atoms with Crippen molar-refractivity contribution in [3.8, 4) is 22.8 Å². The highest BCUT2D eigenvalue weighted by atomic mass is 19.1. The van der Waals surface area contributed by atoms with Gasteiger partial charge in [-0.25, -0.2) is 4.39 Å². The van der Waals surface area contributed by atoms with Crippen LogP contribution in [0.2, 0.25) is 0 Å². The molecule has 24 heavy (non-hydrogen) atoms. The van der Waals surface area contributed by atoms with E-state index in [1.54, 1.807) is 26.4 Å². The minimum Gasteiger partial charge on any atom is -0.497 e. The number of fused-ring (bicyclic) bond motifs is 3. The van der Waals surface area contributed by atoms with E-state index in [9.17, 15) is 4.39 Å². The lowest BCUT2D eigenvalue weighted by molar-refractivity contribution is 0.405. The number of hydrogen-bond acceptors (Lipinski definition) is 4. The standard InChI is InChI=1S/C18H16FN3O2/c1-23-12-4-6-16(24-2)15(9-12)20-18-14-8-10-7-11(19)3-5-13(10)17(14)21-22-18/h3-7,9H,8H2,1-2H3,(H2,20,21,22). The zero-order chi connectivity index (χ0) is 16.7. The molecule has 0 radical (unpaired) electrons. The molecule has 1 aliphatic rings. The third-order valence-corrected chi connectivity index (χ3v) is 4.23. The van der Waals surface area contributed by atoms with E-state index in [1.165, 1.54) is 6.07 Å². The molecule has 0 saturated carbocycles. The van der Waals surface area contributed by atoms with Crippen molar-refractivity contribution >= 4 is 11.5 Å². The van der Waals surface area contributed by atoms with Crippen molar-refractivity contribution in [3.63, 3.8) is 0 Å². The fourth-order valence-electron chi connectivity index (χ4n) is 3.05. The van der Waals surface area contributed by atoms with Gasteiger partial charge >= 0.3 is 0 Å². The van der Waals surface area contributed by atoms with E-state index < -0.39 is 0 Å². The Morgan fingerprint density at radius 3 is 2.79 bits per heavy atom. The molecule has 2 aromatic carbocycles. The molecule has 3 aromatic rings. The second-order valence-electron chi connectivity index (χ2n) is 5.60. The zero-order valence-corrected chi connectivity index (χ0v) is 13.3. The van der Waals surface area contributed by atoms with E-state index in [-0.39, 0.29) is 5.82 Å². The summed E-state index contributed by atoms with van der Waals surface area (Å²) in [7, 11) is 3.23. The van der Waals surface area contributed by atoms with E-state index >= 15 is 0 Å². The maximum Gasteiger partial charge on any atom is 0.156 e. The average molecular weight is 325 g/mol. The number of halogens is 1. The minimum absolute atomic E-state index is 0.226. The zero-order valence-electron chi connectivity index (χ0n) is 13.3. The molecule has 6 heteroatoms. The molecule has 0 bridgehead atoms. The monoisotopic (exact) mass is 325 g/mol. The maximum absolute atomic E-state index is 13.4. The first-order chi connectivity index (χ1) is 11.7. The van der Waals surface area contributed by atoms with Crippen molar-refractivity contribution in [3.05, 3.63) is 53.3 Å². The van der Waals surface area contributed by atoms with Gasteiger partial charge in [0.15, 0.2) is 5.82 Å². The van der Waals surface area contributed by atoms with Gasteiger partial charge in [0.1, 0.15) is 17.3 Å². The van der Waals surface area contributed by atoms with E-state index in [2.05, 4.69) is 15.5 Å². The third kappa shape index (κ3) is 2.27. The molecule has 1 aromatic heterocycles. The highest BCUT2D eigenvalue weighted by molar-refractivity contribution is 5.80. The number of rotatable bonds is 4. The van der Waals surface area contributed by atoms with Crippen molar-refractivity contribution in [1.82, 2.24) is 10.2 Å². The topological polar surface area (TPSA) is 59.2 Å². The van der Waals surface area contributed by atoms with Crippen LogP contribution in [0.3, 0.4) is 0 Å². The molecule has 1 aliphatic carbocycles. The molecular weight excluding hydrogens is 309 g/mol. The Labute approximate surface area is 138 Å². The predicted molar refractivity (Wildman–Crippen MR) is 89.6 cm³/mol. The van der Waals surface area contributed by atoms with Crippen LogP contribution in [0, 0.1) is 5.82 Å². The summed E-state index contributed by atoms with van der Waals surface area (Å²) in [5, 5.41) is 10.7. The molecule has 0 saturated heterocycles. The molecule has 122 valence electrons. The number of aromatic amines is 1. The fraction of sp³-hybridized carbons (Fsp3) is 0.167.